The number of alkyl halides is 1. The second kappa shape index (κ2) is 5.53. The molecule has 0 aromatic carbocycles. The van der Waals surface area contributed by atoms with Crippen LogP contribution in [0.1, 0.15) is 35.2 Å². The molecule has 0 aliphatic heterocycles. The Morgan fingerprint density at radius 3 is 2.62 bits per heavy atom. The van der Waals surface area contributed by atoms with Gasteiger partial charge in [-0.2, -0.15) is 0 Å². The minimum atomic E-state index is 0.0301. The van der Waals surface area contributed by atoms with Gasteiger partial charge in [0.25, 0.3) is 5.91 Å². The predicted octanol–water partition coefficient (Wildman–Crippen LogP) is 3.14. The highest BCUT2D eigenvalue weighted by atomic mass is 79.9. The van der Waals surface area contributed by atoms with Crippen LogP contribution >= 0.6 is 15.9 Å². The van der Waals surface area contributed by atoms with Crippen LogP contribution in [0.5, 0.6) is 0 Å². The minimum absolute atomic E-state index is 0.0301. The minimum Gasteiger partial charge on any atom is -0.466 e. The Kier molecular flexibility index (Phi) is 4.59. The van der Waals surface area contributed by atoms with Crippen molar-refractivity contribution in [2.75, 3.05) is 13.6 Å². The molecule has 1 aromatic heterocycles. The summed E-state index contributed by atoms with van der Waals surface area (Å²) in [5.41, 5.74) is 0.669. The van der Waals surface area contributed by atoms with Crippen molar-refractivity contribution in [1.82, 2.24) is 4.90 Å². The Morgan fingerprint density at radius 1 is 1.56 bits per heavy atom. The number of rotatable bonds is 4. The average molecular weight is 288 g/mol. The van der Waals surface area contributed by atoms with Crippen molar-refractivity contribution < 1.29 is 9.21 Å². The van der Waals surface area contributed by atoms with E-state index in [0.29, 0.717) is 16.2 Å². The van der Waals surface area contributed by atoms with Crippen molar-refractivity contribution >= 4 is 21.8 Å². The van der Waals surface area contributed by atoms with Crippen LogP contribution in [0.15, 0.2) is 10.5 Å². The molecule has 0 saturated carbocycles. The number of hydrogen-bond donors (Lipinski definition) is 0. The molecule has 0 aliphatic carbocycles. The molecule has 0 bridgehead atoms. The number of carbonyl (C=O) groups is 1. The van der Waals surface area contributed by atoms with E-state index in [2.05, 4.69) is 22.9 Å². The van der Waals surface area contributed by atoms with Crippen LogP contribution in [0.25, 0.3) is 0 Å². The Bertz CT molecular complexity index is 371. The lowest BCUT2D eigenvalue weighted by atomic mass is 10.2. The number of nitrogens with zero attached hydrogens (tertiary/aromatic N) is 1. The number of amides is 1. The zero-order valence-electron chi connectivity index (χ0n) is 10.2. The van der Waals surface area contributed by atoms with Crippen molar-refractivity contribution in [1.29, 1.82) is 0 Å². The number of aryl methyl sites for hydroxylation is 2. The Morgan fingerprint density at radius 2 is 2.19 bits per heavy atom. The molecule has 16 heavy (non-hydrogen) atoms. The Hall–Kier alpha value is -0.770. The third-order valence-electron chi connectivity index (χ3n) is 2.48. The van der Waals surface area contributed by atoms with Crippen LogP contribution in [-0.4, -0.2) is 29.2 Å². The van der Waals surface area contributed by atoms with Crippen molar-refractivity contribution in [2.24, 2.45) is 0 Å². The maximum absolute atomic E-state index is 12.0. The molecule has 0 saturated heterocycles. The molecule has 1 unspecified atom stereocenters. The molecule has 0 radical (unpaired) electrons. The lowest BCUT2D eigenvalue weighted by molar-refractivity contribution is 0.0792. The normalized spacial score (nSPS) is 12.6. The summed E-state index contributed by atoms with van der Waals surface area (Å²) in [4.78, 5) is 14.2. The lowest BCUT2D eigenvalue weighted by Crippen LogP contribution is -2.28. The van der Waals surface area contributed by atoms with Crippen molar-refractivity contribution in [3.05, 3.63) is 23.2 Å². The number of furan rings is 1. The summed E-state index contributed by atoms with van der Waals surface area (Å²) in [6.45, 7) is 6.49. The maximum Gasteiger partial charge on any atom is 0.257 e. The van der Waals surface area contributed by atoms with Gasteiger partial charge in [-0.25, -0.2) is 0 Å². The largest absolute Gasteiger partial charge is 0.466 e. The molecule has 0 aliphatic rings. The average Bonchev–Trinajstić information content (AvgIpc) is 2.53. The van der Waals surface area contributed by atoms with Crippen molar-refractivity contribution in [3.63, 3.8) is 0 Å². The standard InChI is InChI=1S/C12H18BrNO2/c1-8(13)5-6-14(4)12(15)11-7-9(2)16-10(11)3/h7-8H,5-6H2,1-4H3. The molecule has 1 aromatic rings. The maximum atomic E-state index is 12.0. The molecule has 0 spiro atoms. The van der Waals surface area contributed by atoms with E-state index in [4.69, 9.17) is 4.42 Å². The van der Waals surface area contributed by atoms with E-state index < -0.39 is 0 Å². The van der Waals surface area contributed by atoms with E-state index in [1.165, 1.54) is 0 Å². The molecular weight excluding hydrogens is 270 g/mol. The van der Waals surface area contributed by atoms with E-state index in [-0.39, 0.29) is 5.91 Å². The fourth-order valence-corrected chi connectivity index (χ4v) is 1.73. The Balaban J connectivity index is 2.67. The zero-order valence-corrected chi connectivity index (χ0v) is 11.8. The van der Waals surface area contributed by atoms with Gasteiger partial charge in [0.1, 0.15) is 11.5 Å². The molecule has 1 heterocycles. The van der Waals surface area contributed by atoms with Crippen molar-refractivity contribution in [3.8, 4) is 0 Å². The van der Waals surface area contributed by atoms with Gasteiger partial charge in [0.2, 0.25) is 0 Å². The second-order valence-corrected chi connectivity index (χ2v) is 5.69. The summed E-state index contributed by atoms with van der Waals surface area (Å²) >= 11 is 3.47. The van der Waals surface area contributed by atoms with E-state index >= 15 is 0 Å². The molecule has 4 heteroatoms. The summed E-state index contributed by atoms with van der Waals surface area (Å²) in [6.07, 6.45) is 0.943. The number of hydrogen-bond acceptors (Lipinski definition) is 2. The zero-order chi connectivity index (χ0) is 12.3. The molecule has 3 nitrogen and oxygen atoms in total. The lowest BCUT2D eigenvalue weighted by Gasteiger charge is -2.17. The van der Waals surface area contributed by atoms with Gasteiger partial charge >= 0.3 is 0 Å². The first-order valence-electron chi connectivity index (χ1n) is 5.38. The molecular formula is C12H18BrNO2. The highest BCUT2D eigenvalue weighted by Crippen LogP contribution is 2.16. The van der Waals surface area contributed by atoms with Crippen LogP contribution in [0.4, 0.5) is 0 Å². The quantitative estimate of drug-likeness (QED) is 0.797. The SMILES string of the molecule is Cc1cc(C(=O)N(C)CCC(C)Br)c(C)o1. The monoisotopic (exact) mass is 287 g/mol. The fraction of sp³-hybridized carbons (Fsp3) is 0.583. The summed E-state index contributed by atoms with van der Waals surface area (Å²) in [5, 5.41) is 0. The summed E-state index contributed by atoms with van der Waals surface area (Å²) in [5.74, 6) is 1.51. The third kappa shape index (κ3) is 3.37. The topological polar surface area (TPSA) is 33.5 Å². The first-order valence-corrected chi connectivity index (χ1v) is 6.30. The highest BCUT2D eigenvalue weighted by Gasteiger charge is 2.17. The van der Waals surface area contributed by atoms with E-state index in [1.54, 1.807) is 11.0 Å². The number of carbonyl (C=O) groups excluding carboxylic acids is 1. The molecule has 1 rings (SSSR count). The van der Waals surface area contributed by atoms with Gasteiger partial charge in [0.05, 0.1) is 5.56 Å². The number of halogens is 1. The van der Waals surface area contributed by atoms with E-state index in [9.17, 15) is 4.79 Å². The van der Waals surface area contributed by atoms with Crippen LogP contribution < -0.4 is 0 Å². The first-order chi connectivity index (χ1) is 7.41. The highest BCUT2D eigenvalue weighted by molar-refractivity contribution is 9.09. The smallest absolute Gasteiger partial charge is 0.257 e. The second-order valence-electron chi connectivity index (χ2n) is 4.12. The van der Waals surface area contributed by atoms with Gasteiger partial charge in [-0.3, -0.25) is 4.79 Å². The molecule has 1 amide bonds. The summed E-state index contributed by atoms with van der Waals surface area (Å²) < 4.78 is 5.35. The van der Waals surface area contributed by atoms with E-state index in [0.717, 1.165) is 18.7 Å². The van der Waals surface area contributed by atoms with Crippen LogP contribution in [0.2, 0.25) is 0 Å². The molecule has 0 N–H and O–H groups in total. The van der Waals surface area contributed by atoms with E-state index in [1.807, 2.05) is 20.9 Å². The Labute approximate surface area is 105 Å². The van der Waals surface area contributed by atoms with Gasteiger partial charge in [-0.15, -0.1) is 0 Å². The van der Waals surface area contributed by atoms with Gasteiger partial charge in [0.15, 0.2) is 0 Å². The van der Waals surface area contributed by atoms with Crippen LogP contribution in [-0.2, 0) is 0 Å². The predicted molar refractivity (Wildman–Crippen MR) is 68.1 cm³/mol. The van der Waals surface area contributed by atoms with Crippen LogP contribution in [0, 0.1) is 13.8 Å². The summed E-state index contributed by atoms with van der Waals surface area (Å²) in [6, 6.07) is 1.80. The molecule has 0 fully saturated rings. The van der Waals surface area contributed by atoms with Gasteiger partial charge in [0, 0.05) is 18.4 Å². The third-order valence-corrected chi connectivity index (χ3v) is 2.94. The molecule has 90 valence electrons. The fourth-order valence-electron chi connectivity index (χ4n) is 1.52. The first kappa shape index (κ1) is 13.3. The van der Waals surface area contributed by atoms with Crippen molar-refractivity contribution in [2.45, 2.75) is 32.0 Å². The van der Waals surface area contributed by atoms with Crippen LogP contribution in [0.3, 0.4) is 0 Å². The summed E-state index contributed by atoms with van der Waals surface area (Å²) in [7, 11) is 1.82. The molecule has 1 atom stereocenters. The van der Waals surface area contributed by atoms with Gasteiger partial charge in [-0.1, -0.05) is 22.9 Å². The van der Waals surface area contributed by atoms with Gasteiger partial charge < -0.3 is 9.32 Å². The van der Waals surface area contributed by atoms with Gasteiger partial charge in [-0.05, 0) is 26.3 Å².